The highest BCUT2D eigenvalue weighted by Gasteiger charge is 2.06. The van der Waals surface area contributed by atoms with E-state index < -0.39 is 0 Å². The molecule has 0 radical (unpaired) electrons. The minimum atomic E-state index is -0.181. The van der Waals surface area contributed by atoms with E-state index in [2.05, 4.69) is 3.53 Å². The summed E-state index contributed by atoms with van der Waals surface area (Å²) in [5, 5.41) is 9.20. The van der Waals surface area contributed by atoms with Crippen LogP contribution in [0, 0.1) is 0 Å². The van der Waals surface area contributed by atoms with Gasteiger partial charge in [-0.05, 0) is 48.4 Å². The third-order valence-electron chi connectivity index (χ3n) is 2.76. The minimum Gasteiger partial charge on any atom is -0.508 e. The summed E-state index contributed by atoms with van der Waals surface area (Å²) >= 11 is 1.97. The molecule has 0 bridgehead atoms. The maximum absolute atomic E-state index is 10.8. The molecule has 5 heteroatoms. The summed E-state index contributed by atoms with van der Waals surface area (Å²) < 4.78 is 8.56. The number of hydrogen-bond donors (Lipinski definition) is 2. The average Bonchev–Trinajstić information content (AvgIpc) is 2.49. The lowest BCUT2D eigenvalue weighted by Crippen LogP contribution is -2.24. The number of aldehydes is 1. The van der Waals surface area contributed by atoms with E-state index >= 15 is 0 Å². The summed E-state index contributed by atoms with van der Waals surface area (Å²) in [5.74, 6) is 1.58. The first-order valence-corrected chi connectivity index (χ1v) is 7.16. The van der Waals surface area contributed by atoms with E-state index in [-0.39, 0.29) is 11.8 Å². The van der Waals surface area contributed by atoms with Gasteiger partial charge >= 0.3 is 0 Å². The van der Waals surface area contributed by atoms with Crippen LogP contribution in [-0.4, -0.2) is 17.4 Å². The van der Waals surface area contributed by atoms with Crippen LogP contribution in [0.1, 0.15) is 5.56 Å². The van der Waals surface area contributed by atoms with Crippen LogP contribution < -0.4 is 8.27 Å². The number of phenols is 1. The Morgan fingerprint density at radius 3 is 2.15 bits per heavy atom. The van der Waals surface area contributed by atoms with Gasteiger partial charge in [0, 0.05) is 22.9 Å². The monoisotopic (exact) mass is 383 g/mol. The number of nitrogens with one attached hydrogen (secondary N) is 1. The quantitative estimate of drug-likeness (QED) is 0.457. The maximum Gasteiger partial charge on any atom is 0.137 e. The lowest BCUT2D eigenvalue weighted by molar-refractivity contribution is -0.109. The van der Waals surface area contributed by atoms with Crippen LogP contribution in [0.15, 0.2) is 48.5 Å². The summed E-state index contributed by atoms with van der Waals surface area (Å²) in [6.07, 6.45) is 1.54. The van der Waals surface area contributed by atoms with Crippen LogP contribution in [0.2, 0.25) is 0 Å². The maximum atomic E-state index is 10.8. The molecule has 0 saturated heterocycles. The fraction of sp³-hybridized carbons (Fsp3) is 0.133. The number of phenolic OH excluding ortho intramolecular Hbond substituents is 1. The molecule has 20 heavy (non-hydrogen) atoms. The highest BCUT2D eigenvalue weighted by molar-refractivity contribution is 14.1. The Hall–Kier alpha value is -1.60. The summed E-state index contributed by atoms with van der Waals surface area (Å²) in [7, 11) is 0. The van der Waals surface area contributed by atoms with Gasteiger partial charge < -0.3 is 14.6 Å². The summed E-state index contributed by atoms with van der Waals surface area (Å²) in [5.41, 5.74) is 1.06. The minimum absolute atomic E-state index is 0.181. The first-order chi connectivity index (χ1) is 9.71. The van der Waals surface area contributed by atoms with Crippen molar-refractivity contribution in [3.8, 4) is 17.2 Å². The number of hydrogen-bond acceptors (Lipinski definition) is 4. The van der Waals surface area contributed by atoms with E-state index in [9.17, 15) is 9.90 Å². The zero-order valence-corrected chi connectivity index (χ0v) is 12.8. The Morgan fingerprint density at radius 1 is 1.10 bits per heavy atom. The van der Waals surface area contributed by atoms with E-state index in [1.54, 1.807) is 24.3 Å². The Bertz CT molecular complexity index is 554. The Balaban J connectivity index is 2.01. The van der Waals surface area contributed by atoms with E-state index in [1.165, 1.54) is 0 Å². The molecule has 0 aliphatic rings. The molecule has 104 valence electrons. The van der Waals surface area contributed by atoms with Crippen molar-refractivity contribution in [2.24, 2.45) is 0 Å². The number of carbonyl (C=O) groups is 1. The third kappa shape index (κ3) is 4.21. The molecule has 0 aliphatic heterocycles. The van der Waals surface area contributed by atoms with Crippen LogP contribution in [-0.2, 0) is 11.2 Å². The Morgan fingerprint density at radius 2 is 1.65 bits per heavy atom. The van der Waals surface area contributed by atoms with Gasteiger partial charge in [0.25, 0.3) is 0 Å². The average molecular weight is 383 g/mol. The molecule has 0 unspecified atom stereocenters. The van der Waals surface area contributed by atoms with Gasteiger partial charge in [-0.1, -0.05) is 12.1 Å². The SMILES string of the molecule is O=C[C@H](Cc1ccc(Oc2ccc(O)cc2)cc1)NI. The van der Waals surface area contributed by atoms with E-state index in [0.717, 1.165) is 11.8 Å². The zero-order chi connectivity index (χ0) is 14.4. The predicted molar refractivity (Wildman–Crippen MR) is 85.3 cm³/mol. The van der Waals surface area contributed by atoms with Crippen molar-refractivity contribution >= 4 is 29.2 Å². The van der Waals surface area contributed by atoms with E-state index in [1.807, 2.05) is 47.1 Å². The number of carbonyl (C=O) groups excluding carboxylic acids is 1. The van der Waals surface area contributed by atoms with Crippen molar-refractivity contribution < 1.29 is 14.6 Å². The highest BCUT2D eigenvalue weighted by atomic mass is 127. The molecule has 2 aromatic rings. The smallest absolute Gasteiger partial charge is 0.137 e. The van der Waals surface area contributed by atoms with E-state index in [4.69, 9.17) is 4.74 Å². The molecule has 0 aliphatic carbocycles. The summed E-state index contributed by atoms with van der Waals surface area (Å²) in [6, 6.07) is 13.9. The highest BCUT2D eigenvalue weighted by Crippen LogP contribution is 2.23. The van der Waals surface area contributed by atoms with Gasteiger partial charge in [0.05, 0.1) is 6.04 Å². The van der Waals surface area contributed by atoms with Crippen molar-refractivity contribution in [3.05, 3.63) is 54.1 Å². The molecule has 0 fully saturated rings. The summed E-state index contributed by atoms with van der Waals surface area (Å²) in [4.78, 5) is 10.8. The molecule has 4 nitrogen and oxygen atoms in total. The molecule has 2 aromatic carbocycles. The summed E-state index contributed by atoms with van der Waals surface area (Å²) in [6.45, 7) is 0. The molecule has 0 spiro atoms. The standard InChI is InChI=1S/C15H14INO3/c16-17-12(10-18)9-11-1-5-14(6-2-11)20-15-7-3-13(19)4-8-15/h1-8,10,12,17,19H,9H2/t12-/m0/s1. The van der Waals surface area contributed by atoms with Gasteiger partial charge in [-0.15, -0.1) is 0 Å². The number of benzene rings is 2. The fourth-order valence-corrected chi connectivity index (χ4v) is 2.08. The lowest BCUT2D eigenvalue weighted by Gasteiger charge is -2.09. The molecule has 0 amide bonds. The molecular formula is C15H14INO3. The topological polar surface area (TPSA) is 58.6 Å². The molecule has 0 aromatic heterocycles. The van der Waals surface area contributed by atoms with Crippen molar-refractivity contribution in [1.82, 2.24) is 3.53 Å². The van der Waals surface area contributed by atoms with Crippen LogP contribution in [0.4, 0.5) is 0 Å². The number of ether oxygens (including phenoxy) is 1. The van der Waals surface area contributed by atoms with Crippen molar-refractivity contribution in [2.75, 3.05) is 0 Å². The van der Waals surface area contributed by atoms with Gasteiger partial charge in [-0.2, -0.15) is 0 Å². The first kappa shape index (κ1) is 14.8. The normalized spacial score (nSPS) is 11.8. The molecule has 2 rings (SSSR count). The molecule has 2 N–H and O–H groups in total. The molecule has 0 heterocycles. The molecule has 1 atom stereocenters. The first-order valence-electron chi connectivity index (χ1n) is 6.08. The van der Waals surface area contributed by atoms with Gasteiger partial charge in [0.2, 0.25) is 0 Å². The van der Waals surface area contributed by atoms with Crippen LogP contribution >= 0.6 is 22.9 Å². The second kappa shape index (κ2) is 7.25. The number of aromatic hydroxyl groups is 1. The number of rotatable bonds is 6. The Kier molecular flexibility index (Phi) is 5.37. The van der Waals surface area contributed by atoms with Gasteiger partial charge in [-0.25, -0.2) is 0 Å². The van der Waals surface area contributed by atoms with Crippen LogP contribution in [0.5, 0.6) is 17.2 Å². The van der Waals surface area contributed by atoms with Crippen molar-refractivity contribution in [1.29, 1.82) is 0 Å². The Labute approximate surface area is 131 Å². The third-order valence-corrected chi connectivity index (χ3v) is 3.56. The largest absolute Gasteiger partial charge is 0.508 e. The van der Waals surface area contributed by atoms with E-state index in [0.29, 0.717) is 17.9 Å². The zero-order valence-electron chi connectivity index (χ0n) is 10.6. The van der Waals surface area contributed by atoms with Gasteiger partial charge in [-0.3, -0.25) is 3.53 Å². The van der Waals surface area contributed by atoms with Gasteiger partial charge in [0.15, 0.2) is 0 Å². The molecular weight excluding hydrogens is 369 g/mol. The van der Waals surface area contributed by atoms with Crippen LogP contribution in [0.25, 0.3) is 0 Å². The second-order valence-corrected chi connectivity index (χ2v) is 4.92. The fourth-order valence-electron chi connectivity index (χ4n) is 1.71. The van der Waals surface area contributed by atoms with Crippen molar-refractivity contribution in [3.63, 3.8) is 0 Å². The second-order valence-electron chi connectivity index (χ2n) is 4.30. The van der Waals surface area contributed by atoms with Crippen LogP contribution in [0.3, 0.4) is 0 Å². The lowest BCUT2D eigenvalue weighted by atomic mass is 10.1. The van der Waals surface area contributed by atoms with Gasteiger partial charge in [0.1, 0.15) is 23.5 Å². The van der Waals surface area contributed by atoms with Crippen molar-refractivity contribution in [2.45, 2.75) is 12.5 Å². The molecule has 0 saturated carbocycles. The number of halogens is 1. The predicted octanol–water partition coefficient (Wildman–Crippen LogP) is 3.23.